The largest absolute Gasteiger partial charge is 0.465 e. The van der Waals surface area contributed by atoms with Gasteiger partial charge < -0.3 is 10.5 Å². The van der Waals surface area contributed by atoms with Gasteiger partial charge in [0.15, 0.2) is 0 Å². The Kier molecular flexibility index (Phi) is 5.64. The Bertz CT molecular complexity index is 204. The third-order valence-electron chi connectivity index (χ3n) is 1.66. The van der Waals surface area contributed by atoms with Crippen LogP contribution in [-0.2, 0) is 9.53 Å². The molecule has 0 bridgehead atoms. The molecule has 0 saturated heterocycles. The van der Waals surface area contributed by atoms with Crippen LogP contribution in [0.2, 0.25) is 0 Å². The molecule has 0 radical (unpaired) electrons. The van der Waals surface area contributed by atoms with Crippen LogP contribution in [0.1, 0.15) is 26.7 Å². The van der Waals surface area contributed by atoms with Gasteiger partial charge in [-0.25, -0.2) is 0 Å². The predicted molar refractivity (Wildman–Crippen MR) is 49.1 cm³/mol. The molecule has 90 valence electrons. The van der Waals surface area contributed by atoms with Crippen molar-refractivity contribution in [2.45, 2.75) is 38.9 Å². The molecule has 0 aromatic rings. The van der Waals surface area contributed by atoms with Crippen molar-refractivity contribution >= 4 is 5.97 Å². The fourth-order valence-corrected chi connectivity index (χ4v) is 0.769. The molecule has 0 saturated carbocycles. The Labute approximate surface area is 86.8 Å². The van der Waals surface area contributed by atoms with E-state index in [9.17, 15) is 18.0 Å². The molecule has 15 heavy (non-hydrogen) atoms. The summed E-state index contributed by atoms with van der Waals surface area (Å²) >= 11 is 0. The van der Waals surface area contributed by atoms with Crippen LogP contribution in [-0.4, -0.2) is 24.8 Å². The topological polar surface area (TPSA) is 52.3 Å². The zero-order valence-electron chi connectivity index (χ0n) is 8.80. The van der Waals surface area contributed by atoms with Gasteiger partial charge in [-0.2, -0.15) is 13.2 Å². The first-order valence-electron chi connectivity index (χ1n) is 4.71. The smallest absolute Gasteiger partial charge is 0.403 e. The number of halogens is 3. The molecule has 3 nitrogen and oxygen atoms in total. The standard InChI is InChI=1S/C9H16F3NO2/c1-6(2)5-15-8(14)4-3-7(13)9(10,11)12/h6-7H,3-5,13H2,1-2H3/t7-/m0/s1. The van der Waals surface area contributed by atoms with Crippen LogP contribution in [0, 0.1) is 5.92 Å². The summed E-state index contributed by atoms with van der Waals surface area (Å²) in [6, 6.07) is -1.95. The van der Waals surface area contributed by atoms with Crippen LogP contribution >= 0.6 is 0 Å². The molecule has 0 aliphatic carbocycles. The van der Waals surface area contributed by atoms with E-state index >= 15 is 0 Å². The van der Waals surface area contributed by atoms with Crippen molar-refractivity contribution in [2.24, 2.45) is 11.7 Å². The highest BCUT2D eigenvalue weighted by atomic mass is 19.4. The number of nitrogens with two attached hydrogens (primary N) is 1. The SMILES string of the molecule is CC(C)COC(=O)CC[C@H](N)C(F)(F)F. The van der Waals surface area contributed by atoms with Crippen molar-refractivity contribution in [3.8, 4) is 0 Å². The maximum Gasteiger partial charge on any atom is 0.403 e. The van der Waals surface area contributed by atoms with Crippen molar-refractivity contribution in [2.75, 3.05) is 6.61 Å². The fourth-order valence-electron chi connectivity index (χ4n) is 0.769. The van der Waals surface area contributed by atoms with Crippen LogP contribution in [0.5, 0.6) is 0 Å². The van der Waals surface area contributed by atoms with Gasteiger partial charge in [-0.3, -0.25) is 4.79 Å². The molecular formula is C9H16F3NO2. The number of hydrogen-bond donors (Lipinski definition) is 1. The maximum atomic E-state index is 11.9. The number of alkyl halides is 3. The fraction of sp³-hybridized carbons (Fsp3) is 0.889. The van der Waals surface area contributed by atoms with Crippen LogP contribution in [0.4, 0.5) is 13.2 Å². The van der Waals surface area contributed by atoms with E-state index < -0.39 is 24.6 Å². The lowest BCUT2D eigenvalue weighted by Gasteiger charge is -2.14. The second-order valence-electron chi connectivity index (χ2n) is 3.76. The summed E-state index contributed by atoms with van der Waals surface area (Å²) in [6.07, 6.45) is -5.17. The Hall–Kier alpha value is -0.780. The number of rotatable bonds is 5. The zero-order chi connectivity index (χ0) is 12.1. The summed E-state index contributed by atoms with van der Waals surface area (Å²) in [5, 5.41) is 0. The van der Waals surface area contributed by atoms with E-state index in [1.165, 1.54) is 0 Å². The summed E-state index contributed by atoms with van der Waals surface area (Å²) in [5.41, 5.74) is 4.82. The summed E-state index contributed by atoms with van der Waals surface area (Å²) in [4.78, 5) is 10.9. The first-order valence-corrected chi connectivity index (χ1v) is 4.71. The summed E-state index contributed by atoms with van der Waals surface area (Å²) < 4.78 is 40.5. The summed E-state index contributed by atoms with van der Waals surface area (Å²) in [6.45, 7) is 3.91. The highest BCUT2D eigenvalue weighted by Gasteiger charge is 2.36. The molecule has 0 rings (SSSR count). The second-order valence-corrected chi connectivity index (χ2v) is 3.76. The van der Waals surface area contributed by atoms with E-state index in [0.29, 0.717) is 0 Å². The third kappa shape index (κ3) is 7.18. The normalized spacial score (nSPS) is 14.1. The molecule has 1 atom stereocenters. The molecule has 0 aromatic carbocycles. The molecular weight excluding hydrogens is 211 g/mol. The average Bonchev–Trinajstić information content (AvgIpc) is 2.09. The van der Waals surface area contributed by atoms with Gasteiger partial charge in [0.25, 0.3) is 0 Å². The highest BCUT2D eigenvalue weighted by molar-refractivity contribution is 5.69. The van der Waals surface area contributed by atoms with Gasteiger partial charge >= 0.3 is 12.1 Å². The van der Waals surface area contributed by atoms with Crippen molar-refractivity contribution in [3.63, 3.8) is 0 Å². The van der Waals surface area contributed by atoms with Crippen LogP contribution in [0.15, 0.2) is 0 Å². The quantitative estimate of drug-likeness (QED) is 0.729. The van der Waals surface area contributed by atoms with Gasteiger partial charge in [0.05, 0.1) is 6.61 Å². The molecule has 0 spiro atoms. The highest BCUT2D eigenvalue weighted by Crippen LogP contribution is 2.21. The first kappa shape index (κ1) is 14.2. The molecule has 0 aliphatic rings. The Morgan fingerprint density at radius 1 is 1.40 bits per heavy atom. The third-order valence-corrected chi connectivity index (χ3v) is 1.66. The molecule has 2 N–H and O–H groups in total. The minimum Gasteiger partial charge on any atom is -0.465 e. The van der Waals surface area contributed by atoms with Gasteiger partial charge in [-0.1, -0.05) is 13.8 Å². The maximum absolute atomic E-state index is 11.9. The van der Waals surface area contributed by atoms with E-state index in [0.717, 1.165) is 0 Å². The summed E-state index contributed by atoms with van der Waals surface area (Å²) in [5.74, 6) is -0.464. The molecule has 0 unspecified atom stereocenters. The minimum absolute atomic E-state index is 0.172. The Balaban J connectivity index is 3.72. The number of ether oxygens (including phenoxy) is 1. The molecule has 0 amide bonds. The van der Waals surface area contributed by atoms with E-state index in [-0.39, 0.29) is 18.9 Å². The first-order chi connectivity index (χ1) is 6.73. The lowest BCUT2D eigenvalue weighted by atomic mass is 10.1. The summed E-state index contributed by atoms with van der Waals surface area (Å²) in [7, 11) is 0. The number of carbonyl (C=O) groups is 1. The van der Waals surface area contributed by atoms with Crippen molar-refractivity contribution in [3.05, 3.63) is 0 Å². The van der Waals surface area contributed by atoms with E-state index in [2.05, 4.69) is 0 Å². The minimum atomic E-state index is -4.45. The lowest BCUT2D eigenvalue weighted by molar-refractivity contribution is -0.154. The van der Waals surface area contributed by atoms with Crippen LogP contribution in [0.3, 0.4) is 0 Å². The second kappa shape index (κ2) is 5.95. The molecule has 0 heterocycles. The van der Waals surface area contributed by atoms with E-state index in [1.54, 1.807) is 0 Å². The Morgan fingerprint density at radius 2 is 1.93 bits per heavy atom. The van der Waals surface area contributed by atoms with Crippen LogP contribution in [0.25, 0.3) is 0 Å². The van der Waals surface area contributed by atoms with E-state index in [4.69, 9.17) is 10.5 Å². The number of esters is 1. The predicted octanol–water partition coefficient (Wildman–Crippen LogP) is 1.86. The lowest BCUT2D eigenvalue weighted by Crippen LogP contribution is -2.37. The monoisotopic (exact) mass is 227 g/mol. The van der Waals surface area contributed by atoms with Gasteiger partial charge in [-0.15, -0.1) is 0 Å². The van der Waals surface area contributed by atoms with Gasteiger partial charge in [0.2, 0.25) is 0 Å². The molecule has 0 fully saturated rings. The van der Waals surface area contributed by atoms with Gasteiger partial charge in [-0.05, 0) is 12.3 Å². The zero-order valence-corrected chi connectivity index (χ0v) is 8.80. The Morgan fingerprint density at radius 3 is 2.33 bits per heavy atom. The van der Waals surface area contributed by atoms with E-state index in [1.807, 2.05) is 13.8 Å². The molecule has 6 heteroatoms. The van der Waals surface area contributed by atoms with Gasteiger partial charge in [0.1, 0.15) is 6.04 Å². The number of hydrogen-bond acceptors (Lipinski definition) is 3. The molecule has 0 aromatic heterocycles. The van der Waals surface area contributed by atoms with Crippen molar-refractivity contribution in [1.29, 1.82) is 0 Å². The number of carbonyl (C=O) groups excluding carboxylic acids is 1. The van der Waals surface area contributed by atoms with Gasteiger partial charge in [0, 0.05) is 6.42 Å². The molecule has 0 aliphatic heterocycles. The van der Waals surface area contributed by atoms with Crippen molar-refractivity contribution in [1.82, 2.24) is 0 Å². The van der Waals surface area contributed by atoms with Crippen LogP contribution < -0.4 is 5.73 Å². The van der Waals surface area contributed by atoms with Crippen molar-refractivity contribution < 1.29 is 22.7 Å². The average molecular weight is 227 g/mol.